The number of rotatable bonds is 2. The highest BCUT2D eigenvalue weighted by atomic mass is 16.7. The lowest BCUT2D eigenvalue weighted by molar-refractivity contribution is -0.120. The normalized spacial score (nSPS) is 21.1. The van der Waals surface area contributed by atoms with Gasteiger partial charge in [-0.25, -0.2) is 0 Å². The molecule has 0 saturated heterocycles. The van der Waals surface area contributed by atoms with Gasteiger partial charge in [-0.2, -0.15) is 0 Å². The van der Waals surface area contributed by atoms with Gasteiger partial charge in [-0.1, -0.05) is 0 Å². The first-order valence-corrected chi connectivity index (χ1v) is 2.92. The molecule has 3 nitrogen and oxygen atoms in total. The second-order valence-electron chi connectivity index (χ2n) is 2.17. The quantitative estimate of drug-likeness (QED) is 0.586. The molecule has 0 aliphatic carbocycles. The van der Waals surface area contributed by atoms with Crippen LogP contribution in [0.2, 0.25) is 0 Å². The average molecular weight is 129 g/mol. The van der Waals surface area contributed by atoms with Crippen molar-refractivity contribution in [2.45, 2.75) is 12.7 Å². The van der Waals surface area contributed by atoms with Crippen molar-refractivity contribution in [3.8, 4) is 0 Å². The Morgan fingerprint density at radius 2 is 2.00 bits per heavy atom. The molecule has 0 aromatic carbocycles. The van der Waals surface area contributed by atoms with Gasteiger partial charge >= 0.3 is 0 Å². The first kappa shape index (κ1) is 6.42. The Kier molecular flexibility index (Phi) is 1.62. The Morgan fingerprint density at radius 3 is 2.44 bits per heavy atom. The van der Waals surface area contributed by atoms with Gasteiger partial charge in [0.25, 0.3) is 5.79 Å². The number of ether oxygens (including phenoxy) is 2. The molecule has 1 rings (SSSR count). The maximum atomic E-state index is 5.12. The van der Waals surface area contributed by atoms with Crippen LogP contribution in [-0.2, 0) is 9.47 Å². The van der Waals surface area contributed by atoms with Crippen molar-refractivity contribution in [3.63, 3.8) is 0 Å². The predicted molar refractivity (Wildman–Crippen MR) is 33.6 cm³/mol. The molecule has 52 valence electrons. The molecule has 0 aromatic heterocycles. The Hall–Kier alpha value is -0.700. The fraction of sp³-hybridized carbons (Fsp3) is 0.667. The van der Waals surface area contributed by atoms with Crippen LogP contribution in [-0.4, -0.2) is 19.4 Å². The molecule has 0 unspecified atom stereocenters. The molecular weight excluding hydrogens is 118 g/mol. The smallest absolute Gasteiger partial charge is 0.259 e. The standard InChI is InChI=1S/C6H11NO2/c1-6(5-7-2)8-3-4-9-6/h3-4,7H,5H2,1-2H3. The van der Waals surface area contributed by atoms with E-state index in [1.807, 2.05) is 14.0 Å². The Labute approximate surface area is 54.6 Å². The summed E-state index contributed by atoms with van der Waals surface area (Å²) in [5, 5.41) is 2.96. The van der Waals surface area contributed by atoms with E-state index >= 15 is 0 Å². The molecule has 0 atom stereocenters. The van der Waals surface area contributed by atoms with Gasteiger partial charge in [-0.15, -0.1) is 0 Å². The van der Waals surface area contributed by atoms with E-state index in [2.05, 4.69) is 5.32 Å². The largest absolute Gasteiger partial charge is 0.456 e. The summed E-state index contributed by atoms with van der Waals surface area (Å²) in [6.45, 7) is 2.57. The maximum Gasteiger partial charge on any atom is 0.259 e. The van der Waals surface area contributed by atoms with Crippen molar-refractivity contribution in [2.75, 3.05) is 13.6 Å². The minimum absolute atomic E-state index is 0.477. The number of hydrogen-bond donors (Lipinski definition) is 1. The summed E-state index contributed by atoms with van der Waals surface area (Å²) in [4.78, 5) is 0. The van der Waals surface area contributed by atoms with E-state index in [0.29, 0.717) is 6.54 Å². The average Bonchev–Trinajstić information content (AvgIpc) is 2.16. The van der Waals surface area contributed by atoms with Gasteiger partial charge in [0.15, 0.2) is 0 Å². The summed E-state index contributed by atoms with van der Waals surface area (Å²) < 4.78 is 10.2. The molecule has 0 fully saturated rings. The van der Waals surface area contributed by atoms with Crippen molar-refractivity contribution < 1.29 is 9.47 Å². The highest BCUT2D eigenvalue weighted by Crippen LogP contribution is 2.17. The van der Waals surface area contributed by atoms with Crippen LogP contribution in [0.5, 0.6) is 0 Å². The van der Waals surface area contributed by atoms with E-state index < -0.39 is 5.79 Å². The fourth-order valence-corrected chi connectivity index (χ4v) is 0.776. The number of hydrogen-bond acceptors (Lipinski definition) is 3. The number of likely N-dealkylation sites (N-methyl/N-ethyl adjacent to an activating group) is 1. The van der Waals surface area contributed by atoms with Gasteiger partial charge in [0.05, 0.1) is 6.54 Å². The molecule has 0 amide bonds. The predicted octanol–water partition coefficient (Wildman–Crippen LogP) is 0.440. The lowest BCUT2D eigenvalue weighted by Gasteiger charge is -2.21. The van der Waals surface area contributed by atoms with Crippen LogP contribution in [0.1, 0.15) is 6.92 Å². The van der Waals surface area contributed by atoms with E-state index in [1.165, 1.54) is 0 Å². The SMILES string of the molecule is CNCC1(C)OC=CO1. The highest BCUT2D eigenvalue weighted by Gasteiger charge is 2.27. The van der Waals surface area contributed by atoms with Gasteiger partial charge < -0.3 is 14.8 Å². The molecule has 1 aliphatic rings. The van der Waals surface area contributed by atoms with Gasteiger partial charge in [0, 0.05) is 6.92 Å². The van der Waals surface area contributed by atoms with Gasteiger partial charge in [-0.3, -0.25) is 0 Å². The van der Waals surface area contributed by atoms with Crippen molar-refractivity contribution in [2.24, 2.45) is 0 Å². The highest BCUT2D eigenvalue weighted by molar-refractivity contribution is 4.81. The Balaban J connectivity index is 2.36. The van der Waals surface area contributed by atoms with E-state index in [4.69, 9.17) is 9.47 Å². The minimum Gasteiger partial charge on any atom is -0.456 e. The molecule has 0 aromatic rings. The molecule has 3 heteroatoms. The van der Waals surface area contributed by atoms with E-state index in [9.17, 15) is 0 Å². The summed E-state index contributed by atoms with van der Waals surface area (Å²) in [7, 11) is 1.86. The third-order valence-electron chi connectivity index (χ3n) is 1.19. The molecule has 9 heavy (non-hydrogen) atoms. The van der Waals surface area contributed by atoms with Crippen LogP contribution < -0.4 is 5.32 Å². The topological polar surface area (TPSA) is 30.5 Å². The Morgan fingerprint density at radius 1 is 1.44 bits per heavy atom. The molecule has 1 N–H and O–H groups in total. The van der Waals surface area contributed by atoms with E-state index in [1.54, 1.807) is 12.5 Å². The second-order valence-corrected chi connectivity index (χ2v) is 2.17. The number of nitrogens with one attached hydrogen (secondary N) is 1. The molecule has 0 spiro atoms. The molecule has 0 radical (unpaired) electrons. The first-order chi connectivity index (χ1) is 4.27. The summed E-state index contributed by atoms with van der Waals surface area (Å²) in [5.74, 6) is -0.477. The van der Waals surface area contributed by atoms with Crippen LogP contribution in [0.25, 0.3) is 0 Å². The molecular formula is C6H11NO2. The van der Waals surface area contributed by atoms with Crippen LogP contribution in [0.15, 0.2) is 12.5 Å². The van der Waals surface area contributed by atoms with Gasteiger partial charge in [0.2, 0.25) is 0 Å². The molecule has 1 heterocycles. The first-order valence-electron chi connectivity index (χ1n) is 2.92. The van der Waals surface area contributed by atoms with Crippen molar-refractivity contribution >= 4 is 0 Å². The fourth-order valence-electron chi connectivity index (χ4n) is 0.776. The summed E-state index contributed by atoms with van der Waals surface area (Å²) in [6.07, 6.45) is 3.11. The van der Waals surface area contributed by atoms with Crippen molar-refractivity contribution in [1.29, 1.82) is 0 Å². The third kappa shape index (κ3) is 1.36. The molecule has 0 saturated carbocycles. The van der Waals surface area contributed by atoms with Gasteiger partial charge in [-0.05, 0) is 7.05 Å². The van der Waals surface area contributed by atoms with Crippen molar-refractivity contribution in [1.82, 2.24) is 5.32 Å². The van der Waals surface area contributed by atoms with Crippen LogP contribution in [0, 0.1) is 0 Å². The molecule has 0 bridgehead atoms. The zero-order valence-electron chi connectivity index (χ0n) is 5.68. The summed E-state index contributed by atoms with van der Waals surface area (Å²) in [5.41, 5.74) is 0. The lowest BCUT2D eigenvalue weighted by Crippen LogP contribution is -2.36. The third-order valence-corrected chi connectivity index (χ3v) is 1.19. The van der Waals surface area contributed by atoms with Crippen LogP contribution in [0.3, 0.4) is 0 Å². The maximum absolute atomic E-state index is 5.12. The Bertz CT molecular complexity index is 114. The van der Waals surface area contributed by atoms with Crippen LogP contribution in [0.4, 0.5) is 0 Å². The second kappa shape index (κ2) is 2.27. The summed E-state index contributed by atoms with van der Waals surface area (Å²) in [6, 6.07) is 0. The zero-order chi connectivity index (χ0) is 6.74. The van der Waals surface area contributed by atoms with Gasteiger partial charge in [0.1, 0.15) is 12.5 Å². The van der Waals surface area contributed by atoms with Crippen LogP contribution >= 0.6 is 0 Å². The summed E-state index contributed by atoms with van der Waals surface area (Å²) >= 11 is 0. The van der Waals surface area contributed by atoms with E-state index in [-0.39, 0.29) is 0 Å². The van der Waals surface area contributed by atoms with E-state index in [0.717, 1.165) is 0 Å². The lowest BCUT2D eigenvalue weighted by atomic mass is 10.3. The minimum atomic E-state index is -0.477. The molecule has 1 aliphatic heterocycles. The monoisotopic (exact) mass is 129 g/mol. The van der Waals surface area contributed by atoms with Crippen molar-refractivity contribution in [3.05, 3.63) is 12.5 Å². The zero-order valence-corrected chi connectivity index (χ0v) is 5.68.